The number of aromatic amines is 1. The van der Waals surface area contributed by atoms with Gasteiger partial charge in [0.2, 0.25) is 11.8 Å². The van der Waals surface area contributed by atoms with Crippen molar-refractivity contribution in [2.75, 3.05) is 0 Å². The van der Waals surface area contributed by atoms with Gasteiger partial charge in [0.15, 0.2) is 0 Å². The Hall–Kier alpha value is -2.63. The van der Waals surface area contributed by atoms with Crippen LogP contribution in [0.15, 0.2) is 45.3 Å². The van der Waals surface area contributed by atoms with Crippen LogP contribution >= 0.6 is 31.9 Å². The zero-order valence-electron chi connectivity index (χ0n) is 16.9. The Morgan fingerprint density at radius 1 is 1.23 bits per heavy atom. The summed E-state index contributed by atoms with van der Waals surface area (Å²) in [6.07, 6.45) is 0.996. The highest BCUT2D eigenvalue weighted by atomic mass is 79.9. The van der Waals surface area contributed by atoms with Gasteiger partial charge in [0.05, 0.1) is 26.3 Å². The van der Waals surface area contributed by atoms with Gasteiger partial charge in [-0.25, -0.2) is 0 Å². The summed E-state index contributed by atoms with van der Waals surface area (Å²) in [7, 11) is 0. The van der Waals surface area contributed by atoms with E-state index in [1.54, 1.807) is 12.1 Å². The van der Waals surface area contributed by atoms with Gasteiger partial charge in [-0.15, -0.1) is 5.10 Å². The third-order valence-electron chi connectivity index (χ3n) is 5.33. The first-order valence-corrected chi connectivity index (χ1v) is 11.4. The molecule has 158 valence electrons. The number of H-pyrrole nitrogens is 1. The van der Waals surface area contributed by atoms with Crippen molar-refractivity contribution < 1.29 is 9.84 Å². The third-order valence-corrected chi connectivity index (χ3v) is 6.54. The second-order valence-corrected chi connectivity index (χ2v) is 9.70. The Labute approximate surface area is 197 Å². The van der Waals surface area contributed by atoms with Gasteiger partial charge in [-0.3, -0.25) is 10.5 Å². The van der Waals surface area contributed by atoms with Crippen molar-refractivity contribution in [1.29, 1.82) is 10.7 Å². The first kappa shape index (κ1) is 21.6. The molecule has 0 bridgehead atoms. The van der Waals surface area contributed by atoms with Crippen molar-refractivity contribution in [3.05, 3.63) is 62.0 Å². The maximum atomic E-state index is 10.1. The number of fused-ring (bicyclic) bond motifs is 1. The number of phenols is 1. The molecule has 0 saturated carbocycles. The standard InChI is InChI=1S/C23H20Br2N4O2/c1-11(2)7-12-3-5-13(6-4-12)20-19-18(14-8-16(24)21(30)17(25)9-14)15(10-26)22(27)31-23(19)29-28-20/h3-6,8-9,11,15,18,27,30H,7H2,1-2H3,(H,28,29). The highest BCUT2D eigenvalue weighted by Gasteiger charge is 2.41. The number of phenolic OH excluding ortho intramolecular Hbond substituents is 1. The quantitative estimate of drug-likeness (QED) is 0.367. The Morgan fingerprint density at radius 2 is 1.87 bits per heavy atom. The molecule has 0 aliphatic carbocycles. The number of halogens is 2. The minimum absolute atomic E-state index is 0.0766. The van der Waals surface area contributed by atoms with Crippen molar-refractivity contribution in [2.45, 2.75) is 26.2 Å². The average molecular weight is 544 g/mol. The second-order valence-electron chi connectivity index (χ2n) is 8.00. The van der Waals surface area contributed by atoms with E-state index in [9.17, 15) is 10.4 Å². The van der Waals surface area contributed by atoms with Crippen LogP contribution in [-0.4, -0.2) is 21.2 Å². The lowest BCUT2D eigenvalue weighted by Gasteiger charge is -2.28. The molecule has 2 unspecified atom stereocenters. The fourth-order valence-electron chi connectivity index (χ4n) is 3.94. The lowest BCUT2D eigenvalue weighted by Crippen LogP contribution is -2.30. The van der Waals surface area contributed by atoms with E-state index in [4.69, 9.17) is 10.1 Å². The van der Waals surface area contributed by atoms with Gasteiger partial charge in [-0.05, 0) is 73.0 Å². The predicted octanol–water partition coefficient (Wildman–Crippen LogP) is 6.15. The second kappa shape index (κ2) is 8.48. The van der Waals surface area contributed by atoms with E-state index in [0.29, 0.717) is 20.7 Å². The van der Waals surface area contributed by atoms with Crippen LogP contribution in [0.5, 0.6) is 11.6 Å². The third kappa shape index (κ3) is 4.00. The van der Waals surface area contributed by atoms with Crippen LogP contribution in [0.1, 0.15) is 36.5 Å². The molecule has 0 spiro atoms. The summed E-state index contributed by atoms with van der Waals surface area (Å²) in [5.74, 6) is -0.523. The van der Waals surface area contributed by atoms with Gasteiger partial charge in [0.1, 0.15) is 11.7 Å². The lowest BCUT2D eigenvalue weighted by atomic mass is 9.79. The number of aromatic hydroxyl groups is 1. The summed E-state index contributed by atoms with van der Waals surface area (Å²) in [6, 6.07) is 14.0. The molecule has 1 aromatic heterocycles. The maximum absolute atomic E-state index is 10.1. The topological polar surface area (TPSA) is 106 Å². The molecule has 1 aliphatic rings. The molecule has 2 atom stereocenters. The van der Waals surface area contributed by atoms with Crippen LogP contribution in [0.2, 0.25) is 0 Å². The van der Waals surface area contributed by atoms with Gasteiger partial charge >= 0.3 is 0 Å². The first-order chi connectivity index (χ1) is 14.8. The van der Waals surface area contributed by atoms with Gasteiger partial charge in [-0.1, -0.05) is 38.1 Å². The molecule has 3 aromatic rings. The maximum Gasteiger partial charge on any atom is 0.244 e. The minimum atomic E-state index is -0.826. The fourth-order valence-corrected chi connectivity index (χ4v) is 5.16. The van der Waals surface area contributed by atoms with E-state index in [-0.39, 0.29) is 11.6 Å². The SMILES string of the molecule is CC(C)Cc1ccc(-c2[nH]nc3c2C(c2cc(Br)c(O)c(Br)c2)C(C#N)C(=N)O3)cc1. The molecule has 0 amide bonds. The van der Waals surface area contributed by atoms with E-state index in [2.05, 4.69) is 74.1 Å². The zero-order chi connectivity index (χ0) is 22.3. The number of nitriles is 1. The van der Waals surface area contributed by atoms with Crippen molar-refractivity contribution in [1.82, 2.24) is 10.2 Å². The molecular weight excluding hydrogens is 524 g/mol. The minimum Gasteiger partial charge on any atom is -0.506 e. The Bertz CT molecular complexity index is 1170. The summed E-state index contributed by atoms with van der Waals surface area (Å²) in [6.45, 7) is 4.37. The van der Waals surface area contributed by atoms with E-state index >= 15 is 0 Å². The normalized spacial score (nSPS) is 17.9. The Balaban J connectivity index is 1.86. The Morgan fingerprint density at radius 3 is 2.45 bits per heavy atom. The van der Waals surface area contributed by atoms with Gasteiger partial charge < -0.3 is 9.84 Å². The molecule has 6 nitrogen and oxygen atoms in total. The number of benzene rings is 2. The molecule has 4 rings (SSSR count). The number of ether oxygens (including phenoxy) is 1. The van der Waals surface area contributed by atoms with Gasteiger partial charge in [0.25, 0.3) is 0 Å². The molecule has 8 heteroatoms. The molecule has 0 saturated heterocycles. The highest BCUT2D eigenvalue weighted by molar-refractivity contribution is 9.11. The molecule has 2 heterocycles. The number of hydrogen-bond acceptors (Lipinski definition) is 5. The molecule has 31 heavy (non-hydrogen) atoms. The van der Waals surface area contributed by atoms with Gasteiger partial charge in [-0.2, -0.15) is 5.26 Å². The number of aromatic nitrogens is 2. The van der Waals surface area contributed by atoms with E-state index in [0.717, 1.165) is 28.8 Å². The van der Waals surface area contributed by atoms with Crippen molar-refractivity contribution in [3.63, 3.8) is 0 Å². The summed E-state index contributed by atoms with van der Waals surface area (Å²) >= 11 is 6.74. The molecule has 0 radical (unpaired) electrons. The summed E-state index contributed by atoms with van der Waals surface area (Å²) in [4.78, 5) is 0. The van der Waals surface area contributed by atoms with Crippen molar-refractivity contribution >= 4 is 37.8 Å². The van der Waals surface area contributed by atoms with E-state index in [1.165, 1.54) is 5.56 Å². The zero-order valence-corrected chi connectivity index (χ0v) is 20.1. The van der Waals surface area contributed by atoms with E-state index < -0.39 is 11.8 Å². The van der Waals surface area contributed by atoms with Crippen LogP contribution in [0, 0.1) is 28.6 Å². The van der Waals surface area contributed by atoms with Gasteiger partial charge in [0, 0.05) is 5.92 Å². The number of nitrogens with zero attached hydrogens (tertiary/aromatic N) is 2. The molecule has 1 aliphatic heterocycles. The van der Waals surface area contributed by atoms with Crippen LogP contribution in [0.25, 0.3) is 11.3 Å². The van der Waals surface area contributed by atoms with Crippen LogP contribution in [0.4, 0.5) is 0 Å². The smallest absolute Gasteiger partial charge is 0.244 e. The summed E-state index contributed by atoms with van der Waals surface area (Å²) < 4.78 is 6.59. The number of nitrogens with one attached hydrogen (secondary N) is 2. The van der Waals surface area contributed by atoms with Crippen LogP contribution in [-0.2, 0) is 6.42 Å². The monoisotopic (exact) mass is 542 g/mol. The average Bonchev–Trinajstić information content (AvgIpc) is 3.14. The Kier molecular flexibility index (Phi) is 5.91. The highest BCUT2D eigenvalue weighted by Crippen LogP contribution is 2.47. The molecule has 0 fully saturated rings. The first-order valence-electron chi connectivity index (χ1n) is 9.81. The summed E-state index contributed by atoms with van der Waals surface area (Å²) in [5.41, 5.74) is 4.42. The molecular formula is C23H20Br2N4O2. The summed E-state index contributed by atoms with van der Waals surface area (Å²) in [5, 5.41) is 35.6. The number of rotatable bonds is 4. The van der Waals surface area contributed by atoms with Crippen molar-refractivity contribution in [3.8, 4) is 29.0 Å². The molecule has 2 aromatic carbocycles. The van der Waals surface area contributed by atoms with E-state index in [1.807, 2.05) is 12.1 Å². The number of hydrogen-bond donors (Lipinski definition) is 3. The molecule has 3 N–H and O–H groups in total. The van der Waals surface area contributed by atoms with Crippen molar-refractivity contribution in [2.24, 2.45) is 11.8 Å². The lowest BCUT2D eigenvalue weighted by molar-refractivity contribution is 0.436. The largest absolute Gasteiger partial charge is 0.506 e. The fraction of sp³-hybridized carbons (Fsp3) is 0.261. The van der Waals surface area contributed by atoms with Crippen LogP contribution < -0.4 is 4.74 Å². The van der Waals surface area contributed by atoms with Crippen LogP contribution in [0.3, 0.4) is 0 Å². The predicted molar refractivity (Wildman–Crippen MR) is 125 cm³/mol.